The SMILES string of the molecule is Cn1cc([C@H]2CNC[C@@H]2C(=O)Nc2ccc(CN3C(=O)CSC3=O)cc2)cn1. The molecule has 2 saturated heterocycles. The Morgan fingerprint density at radius 2 is 2.07 bits per heavy atom. The van der Waals surface area contributed by atoms with Crippen molar-refractivity contribution in [1.82, 2.24) is 20.0 Å². The van der Waals surface area contributed by atoms with Crippen LogP contribution in [0.25, 0.3) is 0 Å². The molecule has 146 valence electrons. The number of carbonyl (C=O) groups is 3. The number of hydrogen-bond donors (Lipinski definition) is 2. The van der Waals surface area contributed by atoms with Crippen LogP contribution < -0.4 is 10.6 Å². The average Bonchev–Trinajstić information content (AvgIpc) is 3.40. The molecule has 0 spiro atoms. The summed E-state index contributed by atoms with van der Waals surface area (Å²) in [6, 6.07) is 7.25. The number of amides is 3. The zero-order valence-corrected chi connectivity index (χ0v) is 16.2. The van der Waals surface area contributed by atoms with Crippen LogP contribution in [0.2, 0.25) is 0 Å². The molecule has 0 radical (unpaired) electrons. The molecule has 3 heterocycles. The maximum absolute atomic E-state index is 12.8. The minimum atomic E-state index is -0.211. The van der Waals surface area contributed by atoms with Crippen LogP contribution in [-0.2, 0) is 23.2 Å². The minimum Gasteiger partial charge on any atom is -0.326 e. The molecular formula is C19H21N5O3S. The Morgan fingerprint density at radius 3 is 2.71 bits per heavy atom. The number of rotatable bonds is 5. The largest absolute Gasteiger partial charge is 0.326 e. The molecule has 2 aliphatic rings. The number of benzene rings is 1. The van der Waals surface area contributed by atoms with Gasteiger partial charge in [-0.2, -0.15) is 5.10 Å². The van der Waals surface area contributed by atoms with Gasteiger partial charge in [0.1, 0.15) is 0 Å². The summed E-state index contributed by atoms with van der Waals surface area (Å²) in [5.74, 6) is -0.0607. The molecule has 8 nitrogen and oxygen atoms in total. The maximum atomic E-state index is 12.8. The highest BCUT2D eigenvalue weighted by molar-refractivity contribution is 8.14. The second-order valence-electron chi connectivity index (χ2n) is 7.04. The van der Waals surface area contributed by atoms with E-state index in [1.807, 2.05) is 31.6 Å². The van der Waals surface area contributed by atoms with Crippen LogP contribution in [0.15, 0.2) is 36.7 Å². The van der Waals surface area contributed by atoms with E-state index in [-0.39, 0.29) is 41.2 Å². The predicted molar refractivity (Wildman–Crippen MR) is 106 cm³/mol. The van der Waals surface area contributed by atoms with Gasteiger partial charge in [-0.3, -0.25) is 24.0 Å². The summed E-state index contributed by atoms with van der Waals surface area (Å²) in [5, 5.41) is 10.3. The van der Waals surface area contributed by atoms with Gasteiger partial charge in [-0.25, -0.2) is 0 Å². The molecule has 2 aliphatic heterocycles. The molecule has 1 aromatic heterocycles. The predicted octanol–water partition coefficient (Wildman–Crippen LogP) is 1.56. The van der Waals surface area contributed by atoms with E-state index in [0.717, 1.165) is 29.4 Å². The number of nitrogens with zero attached hydrogens (tertiary/aromatic N) is 3. The summed E-state index contributed by atoms with van der Waals surface area (Å²) in [6.07, 6.45) is 3.76. The fourth-order valence-electron chi connectivity index (χ4n) is 3.58. The Kier molecular flexibility index (Phi) is 5.19. The van der Waals surface area contributed by atoms with Crippen LogP contribution in [0.4, 0.5) is 10.5 Å². The van der Waals surface area contributed by atoms with Gasteiger partial charge in [0.2, 0.25) is 11.8 Å². The quantitative estimate of drug-likeness (QED) is 0.792. The third-order valence-corrected chi connectivity index (χ3v) is 5.97. The maximum Gasteiger partial charge on any atom is 0.289 e. The van der Waals surface area contributed by atoms with Crippen molar-refractivity contribution in [3.8, 4) is 0 Å². The van der Waals surface area contributed by atoms with Gasteiger partial charge in [-0.05, 0) is 23.3 Å². The van der Waals surface area contributed by atoms with Gasteiger partial charge in [-0.15, -0.1) is 0 Å². The number of hydrogen-bond acceptors (Lipinski definition) is 6. The Hall–Kier alpha value is -2.65. The normalized spacial score (nSPS) is 22.1. The van der Waals surface area contributed by atoms with E-state index in [9.17, 15) is 14.4 Å². The van der Waals surface area contributed by atoms with Crippen molar-refractivity contribution in [3.05, 3.63) is 47.8 Å². The highest BCUT2D eigenvalue weighted by Crippen LogP contribution is 2.29. The summed E-state index contributed by atoms with van der Waals surface area (Å²) in [4.78, 5) is 37.4. The summed E-state index contributed by atoms with van der Waals surface area (Å²) < 4.78 is 1.75. The number of aryl methyl sites for hydroxylation is 1. The monoisotopic (exact) mass is 399 g/mol. The molecule has 0 saturated carbocycles. The van der Waals surface area contributed by atoms with Crippen LogP contribution >= 0.6 is 11.8 Å². The summed E-state index contributed by atoms with van der Waals surface area (Å²) >= 11 is 1.03. The molecule has 2 N–H and O–H groups in total. The van der Waals surface area contributed by atoms with Crippen molar-refractivity contribution in [2.75, 3.05) is 24.2 Å². The Balaban J connectivity index is 1.39. The Bertz CT molecular complexity index is 895. The first-order valence-corrected chi connectivity index (χ1v) is 10.1. The molecular weight excluding hydrogens is 378 g/mol. The lowest BCUT2D eigenvalue weighted by molar-refractivity contribution is -0.125. The zero-order chi connectivity index (χ0) is 19.7. The van der Waals surface area contributed by atoms with Gasteiger partial charge in [0.15, 0.2) is 0 Å². The van der Waals surface area contributed by atoms with Crippen molar-refractivity contribution < 1.29 is 14.4 Å². The molecule has 28 heavy (non-hydrogen) atoms. The molecule has 2 atom stereocenters. The van der Waals surface area contributed by atoms with Crippen LogP contribution in [0.1, 0.15) is 17.0 Å². The lowest BCUT2D eigenvalue weighted by Gasteiger charge is -2.17. The summed E-state index contributed by atoms with van der Waals surface area (Å²) in [6.45, 7) is 1.63. The van der Waals surface area contributed by atoms with E-state index in [2.05, 4.69) is 15.7 Å². The fraction of sp³-hybridized carbons (Fsp3) is 0.368. The average molecular weight is 399 g/mol. The first-order valence-electron chi connectivity index (χ1n) is 9.07. The van der Waals surface area contributed by atoms with Crippen LogP contribution in [0, 0.1) is 5.92 Å². The molecule has 9 heteroatoms. The Morgan fingerprint density at radius 1 is 1.29 bits per heavy atom. The van der Waals surface area contributed by atoms with Crippen molar-refractivity contribution >= 4 is 34.5 Å². The fourth-order valence-corrected chi connectivity index (χ4v) is 4.31. The lowest BCUT2D eigenvalue weighted by Crippen LogP contribution is -2.28. The highest BCUT2D eigenvalue weighted by atomic mass is 32.2. The third kappa shape index (κ3) is 3.81. The lowest BCUT2D eigenvalue weighted by atomic mass is 9.90. The molecule has 4 rings (SSSR count). The summed E-state index contributed by atoms with van der Waals surface area (Å²) in [7, 11) is 1.87. The molecule has 0 bridgehead atoms. The molecule has 1 aromatic carbocycles. The third-order valence-electron chi connectivity index (χ3n) is 5.11. The minimum absolute atomic E-state index is 0.0344. The van der Waals surface area contributed by atoms with E-state index in [4.69, 9.17) is 0 Å². The second kappa shape index (κ2) is 7.76. The first kappa shape index (κ1) is 18.7. The number of anilines is 1. The molecule has 0 aliphatic carbocycles. The Labute approximate surface area is 166 Å². The molecule has 2 fully saturated rings. The molecule has 3 amide bonds. The van der Waals surface area contributed by atoms with Crippen molar-refractivity contribution in [3.63, 3.8) is 0 Å². The van der Waals surface area contributed by atoms with Gasteiger partial charge in [-0.1, -0.05) is 23.9 Å². The van der Waals surface area contributed by atoms with Crippen LogP contribution in [-0.4, -0.2) is 50.6 Å². The number of imide groups is 1. The second-order valence-corrected chi connectivity index (χ2v) is 7.97. The van der Waals surface area contributed by atoms with E-state index in [0.29, 0.717) is 12.2 Å². The smallest absolute Gasteiger partial charge is 0.289 e. The van der Waals surface area contributed by atoms with Crippen molar-refractivity contribution in [2.45, 2.75) is 12.5 Å². The number of nitrogens with one attached hydrogen (secondary N) is 2. The van der Waals surface area contributed by atoms with E-state index < -0.39 is 0 Å². The highest BCUT2D eigenvalue weighted by Gasteiger charge is 2.34. The van der Waals surface area contributed by atoms with Crippen LogP contribution in [0.3, 0.4) is 0 Å². The van der Waals surface area contributed by atoms with Gasteiger partial charge in [0.25, 0.3) is 5.24 Å². The van der Waals surface area contributed by atoms with Gasteiger partial charge in [0.05, 0.1) is 24.4 Å². The van der Waals surface area contributed by atoms with E-state index in [1.165, 1.54) is 4.90 Å². The topological polar surface area (TPSA) is 96.3 Å². The number of carbonyl (C=O) groups excluding carboxylic acids is 3. The first-order chi connectivity index (χ1) is 13.5. The zero-order valence-electron chi connectivity index (χ0n) is 15.4. The van der Waals surface area contributed by atoms with Gasteiger partial charge in [0, 0.05) is 37.9 Å². The number of aromatic nitrogens is 2. The molecule has 2 aromatic rings. The van der Waals surface area contributed by atoms with Crippen molar-refractivity contribution in [2.24, 2.45) is 13.0 Å². The van der Waals surface area contributed by atoms with Crippen molar-refractivity contribution in [1.29, 1.82) is 0 Å². The standard InChI is InChI=1S/C19H21N5O3S/c1-23-10-13(6-21-23)15-7-20-8-16(15)18(26)22-14-4-2-12(3-5-14)9-24-17(25)11-28-19(24)27/h2-6,10,15-16,20H,7-9,11H2,1H3,(H,22,26)/t15-,16+/m1/s1. The van der Waals surface area contributed by atoms with Gasteiger partial charge >= 0.3 is 0 Å². The number of thioether (sulfide) groups is 1. The van der Waals surface area contributed by atoms with E-state index in [1.54, 1.807) is 16.8 Å². The van der Waals surface area contributed by atoms with E-state index >= 15 is 0 Å². The summed E-state index contributed by atoms with van der Waals surface area (Å²) in [5.41, 5.74) is 2.60. The van der Waals surface area contributed by atoms with Crippen LogP contribution in [0.5, 0.6) is 0 Å². The molecule has 0 unspecified atom stereocenters. The van der Waals surface area contributed by atoms with Gasteiger partial charge < -0.3 is 10.6 Å².